The van der Waals surface area contributed by atoms with Crippen LogP contribution >= 0.6 is 11.6 Å². The molecule has 0 saturated heterocycles. The van der Waals surface area contributed by atoms with Crippen molar-refractivity contribution in [2.75, 3.05) is 18.5 Å². The van der Waals surface area contributed by atoms with Crippen molar-refractivity contribution in [1.82, 2.24) is 5.32 Å². The molecule has 1 rings (SSSR count). The largest absolute Gasteiger partial charge is 0.396 e. The van der Waals surface area contributed by atoms with Gasteiger partial charge in [-0.1, -0.05) is 30.5 Å². The van der Waals surface area contributed by atoms with E-state index in [1.165, 1.54) is 0 Å². The highest BCUT2D eigenvalue weighted by Gasteiger charge is 2.02. The van der Waals surface area contributed by atoms with Gasteiger partial charge >= 0.3 is 6.03 Å². The Balaban J connectivity index is 2.21. The lowest BCUT2D eigenvalue weighted by atomic mass is 10.2. The molecule has 4 nitrogen and oxygen atoms in total. The number of hydrogen-bond donors (Lipinski definition) is 3. The van der Waals surface area contributed by atoms with Gasteiger partial charge in [0.15, 0.2) is 0 Å². The van der Waals surface area contributed by atoms with Gasteiger partial charge in [0, 0.05) is 23.9 Å². The Morgan fingerprint density at radius 1 is 1.26 bits per heavy atom. The van der Waals surface area contributed by atoms with Crippen LogP contribution in [0.2, 0.25) is 5.02 Å². The molecule has 0 aliphatic rings. The second kappa shape index (κ2) is 8.77. The number of nitrogens with one attached hydrogen (secondary N) is 2. The van der Waals surface area contributed by atoms with Crippen molar-refractivity contribution in [3.63, 3.8) is 0 Å². The molecule has 2 amide bonds. The maximum Gasteiger partial charge on any atom is 0.319 e. The van der Waals surface area contributed by atoms with Gasteiger partial charge in [-0.05, 0) is 37.5 Å². The molecule has 0 radical (unpaired) electrons. The average Bonchev–Trinajstić information content (AvgIpc) is 2.38. The fourth-order valence-electron chi connectivity index (χ4n) is 1.64. The van der Waals surface area contributed by atoms with Gasteiger partial charge in [-0.25, -0.2) is 4.79 Å². The van der Waals surface area contributed by atoms with Crippen LogP contribution in [0.25, 0.3) is 0 Å². The molecule has 0 spiro atoms. The third kappa shape index (κ3) is 6.45. The van der Waals surface area contributed by atoms with Crippen LogP contribution in [0.15, 0.2) is 18.2 Å². The van der Waals surface area contributed by atoms with Crippen molar-refractivity contribution in [2.45, 2.75) is 32.6 Å². The summed E-state index contributed by atoms with van der Waals surface area (Å²) in [6.45, 7) is 2.79. The maximum absolute atomic E-state index is 11.6. The number of anilines is 1. The number of halogens is 1. The van der Waals surface area contributed by atoms with E-state index in [9.17, 15) is 4.79 Å². The van der Waals surface area contributed by atoms with Crippen LogP contribution in [-0.2, 0) is 0 Å². The van der Waals surface area contributed by atoms with Crippen LogP contribution in [-0.4, -0.2) is 24.3 Å². The topological polar surface area (TPSA) is 61.4 Å². The van der Waals surface area contributed by atoms with Gasteiger partial charge in [0.2, 0.25) is 0 Å². The minimum absolute atomic E-state index is 0.220. The summed E-state index contributed by atoms with van der Waals surface area (Å²) in [5, 5.41) is 14.8. The number of unbranched alkanes of at least 4 members (excludes halogenated alkanes) is 3. The Bertz CT molecular complexity index is 410. The van der Waals surface area contributed by atoms with Gasteiger partial charge in [0.25, 0.3) is 0 Å². The normalized spacial score (nSPS) is 10.3. The highest BCUT2D eigenvalue weighted by molar-refractivity contribution is 6.31. The zero-order valence-corrected chi connectivity index (χ0v) is 12.0. The lowest BCUT2D eigenvalue weighted by Gasteiger charge is -2.08. The molecule has 0 aliphatic heterocycles. The summed E-state index contributed by atoms with van der Waals surface area (Å²) in [5.41, 5.74) is 1.67. The van der Waals surface area contributed by atoms with Crippen molar-refractivity contribution in [2.24, 2.45) is 0 Å². The summed E-state index contributed by atoms with van der Waals surface area (Å²) in [7, 11) is 0. The van der Waals surface area contributed by atoms with Crippen LogP contribution in [0.1, 0.15) is 31.2 Å². The minimum Gasteiger partial charge on any atom is -0.396 e. The molecule has 3 N–H and O–H groups in total. The summed E-state index contributed by atoms with van der Waals surface area (Å²) >= 11 is 5.98. The number of aliphatic hydroxyl groups is 1. The molecule has 19 heavy (non-hydrogen) atoms. The van der Waals surface area contributed by atoms with Crippen LogP contribution < -0.4 is 10.6 Å². The number of carbonyl (C=O) groups is 1. The Hall–Kier alpha value is -1.26. The number of aliphatic hydroxyl groups excluding tert-OH is 1. The van der Waals surface area contributed by atoms with Crippen molar-refractivity contribution >= 4 is 23.3 Å². The highest BCUT2D eigenvalue weighted by atomic mass is 35.5. The molecular weight excluding hydrogens is 264 g/mol. The Morgan fingerprint density at radius 3 is 2.68 bits per heavy atom. The van der Waals surface area contributed by atoms with E-state index in [1.54, 1.807) is 6.07 Å². The molecular formula is C14H21ClN2O2. The van der Waals surface area contributed by atoms with Crippen LogP contribution in [0.5, 0.6) is 0 Å². The molecule has 0 atom stereocenters. The van der Waals surface area contributed by atoms with Crippen molar-refractivity contribution < 1.29 is 9.90 Å². The molecule has 0 aliphatic carbocycles. The Morgan fingerprint density at radius 2 is 2.00 bits per heavy atom. The number of urea groups is 1. The first kappa shape index (κ1) is 15.8. The number of aryl methyl sites for hydroxylation is 1. The lowest BCUT2D eigenvalue weighted by Crippen LogP contribution is -2.29. The molecule has 1 aromatic rings. The van der Waals surface area contributed by atoms with Crippen LogP contribution in [0.3, 0.4) is 0 Å². The maximum atomic E-state index is 11.6. The second-order valence-electron chi connectivity index (χ2n) is 4.48. The highest BCUT2D eigenvalue weighted by Crippen LogP contribution is 2.19. The van der Waals surface area contributed by atoms with E-state index in [-0.39, 0.29) is 12.6 Å². The molecule has 0 unspecified atom stereocenters. The van der Waals surface area contributed by atoms with Gasteiger partial charge in [0.05, 0.1) is 0 Å². The SMILES string of the molecule is Cc1ccc(NC(=O)NCCCCCCO)cc1Cl. The predicted octanol–water partition coefficient (Wildman–Crippen LogP) is 3.32. The van der Waals surface area contributed by atoms with Crippen LogP contribution in [0, 0.1) is 6.92 Å². The molecule has 0 saturated carbocycles. The Labute approximate surface area is 119 Å². The van der Waals surface area contributed by atoms with Gasteiger partial charge in [-0.15, -0.1) is 0 Å². The monoisotopic (exact) mass is 284 g/mol. The Kier molecular flexibility index (Phi) is 7.30. The standard InChI is InChI=1S/C14H21ClN2O2/c1-11-6-7-12(10-13(11)15)17-14(19)16-8-4-2-3-5-9-18/h6-7,10,18H,2-5,8-9H2,1H3,(H2,16,17,19). The second-order valence-corrected chi connectivity index (χ2v) is 4.89. The zero-order chi connectivity index (χ0) is 14.1. The van der Waals surface area contributed by atoms with E-state index >= 15 is 0 Å². The quantitative estimate of drug-likeness (QED) is 0.673. The summed E-state index contributed by atoms with van der Waals surface area (Å²) in [5.74, 6) is 0. The fourth-order valence-corrected chi connectivity index (χ4v) is 1.82. The lowest BCUT2D eigenvalue weighted by molar-refractivity contribution is 0.251. The summed E-state index contributed by atoms with van der Waals surface area (Å²) in [6, 6.07) is 5.20. The van der Waals surface area contributed by atoms with Gasteiger partial charge in [0.1, 0.15) is 0 Å². The molecule has 0 bridgehead atoms. The van der Waals surface area contributed by atoms with E-state index in [0.29, 0.717) is 17.3 Å². The van der Waals surface area contributed by atoms with E-state index in [4.69, 9.17) is 16.7 Å². The molecule has 5 heteroatoms. The van der Waals surface area contributed by atoms with E-state index in [0.717, 1.165) is 31.2 Å². The average molecular weight is 285 g/mol. The number of benzene rings is 1. The number of hydrogen-bond acceptors (Lipinski definition) is 2. The number of amides is 2. The summed E-state index contributed by atoms with van der Waals surface area (Å²) in [4.78, 5) is 11.6. The van der Waals surface area contributed by atoms with E-state index in [1.807, 2.05) is 19.1 Å². The molecule has 1 aromatic carbocycles. The summed E-state index contributed by atoms with van der Waals surface area (Å²) < 4.78 is 0. The molecule has 0 aromatic heterocycles. The van der Waals surface area contributed by atoms with Crippen molar-refractivity contribution in [3.8, 4) is 0 Å². The first-order valence-electron chi connectivity index (χ1n) is 6.55. The fraction of sp³-hybridized carbons (Fsp3) is 0.500. The number of carbonyl (C=O) groups excluding carboxylic acids is 1. The van der Waals surface area contributed by atoms with Gasteiger partial charge in [-0.3, -0.25) is 0 Å². The smallest absolute Gasteiger partial charge is 0.319 e. The third-order valence-electron chi connectivity index (χ3n) is 2.80. The van der Waals surface area contributed by atoms with E-state index < -0.39 is 0 Å². The number of rotatable bonds is 7. The van der Waals surface area contributed by atoms with E-state index in [2.05, 4.69) is 10.6 Å². The predicted molar refractivity (Wildman–Crippen MR) is 78.8 cm³/mol. The first-order valence-corrected chi connectivity index (χ1v) is 6.93. The van der Waals surface area contributed by atoms with Crippen molar-refractivity contribution in [1.29, 1.82) is 0 Å². The van der Waals surface area contributed by atoms with Crippen LogP contribution in [0.4, 0.5) is 10.5 Å². The molecule has 0 fully saturated rings. The minimum atomic E-state index is -0.220. The zero-order valence-electron chi connectivity index (χ0n) is 11.2. The molecule has 106 valence electrons. The third-order valence-corrected chi connectivity index (χ3v) is 3.21. The first-order chi connectivity index (χ1) is 9.13. The van der Waals surface area contributed by atoms with Gasteiger partial charge < -0.3 is 15.7 Å². The summed E-state index contributed by atoms with van der Waals surface area (Å²) in [6.07, 6.45) is 3.75. The van der Waals surface area contributed by atoms with Crippen molar-refractivity contribution in [3.05, 3.63) is 28.8 Å². The van der Waals surface area contributed by atoms with Gasteiger partial charge in [-0.2, -0.15) is 0 Å². The molecule has 0 heterocycles.